The van der Waals surface area contributed by atoms with E-state index in [1.807, 2.05) is 13.1 Å². The molecule has 0 spiro atoms. The lowest BCUT2D eigenvalue weighted by Crippen LogP contribution is -2.00. The van der Waals surface area contributed by atoms with Crippen LogP contribution in [-0.4, -0.2) is 21.1 Å². The maximum atomic E-state index is 5.46. The third kappa shape index (κ3) is 1.75. The number of hydrogen-bond donors (Lipinski definition) is 1. The average molecular weight is 190 g/mol. The van der Waals surface area contributed by atoms with Crippen LogP contribution in [-0.2, 0) is 6.42 Å². The van der Waals surface area contributed by atoms with Crippen LogP contribution in [0.25, 0.3) is 5.65 Å². The van der Waals surface area contributed by atoms with Crippen molar-refractivity contribution in [3.05, 3.63) is 29.7 Å². The first-order valence-corrected chi connectivity index (χ1v) is 4.81. The van der Waals surface area contributed by atoms with Gasteiger partial charge < -0.3 is 5.73 Å². The topological polar surface area (TPSA) is 56.2 Å². The van der Waals surface area contributed by atoms with E-state index in [1.54, 1.807) is 4.52 Å². The van der Waals surface area contributed by atoms with Gasteiger partial charge in [-0.15, -0.1) is 0 Å². The predicted octanol–water partition coefficient (Wildman–Crippen LogP) is 0.929. The van der Waals surface area contributed by atoms with E-state index in [-0.39, 0.29) is 0 Å². The highest BCUT2D eigenvalue weighted by Gasteiger charge is 2.00. The molecule has 2 aromatic heterocycles. The largest absolute Gasteiger partial charge is 0.330 e. The fraction of sp³-hybridized carbons (Fsp3) is 0.400. The number of nitrogens with two attached hydrogens (primary N) is 1. The Morgan fingerprint density at radius 2 is 2.36 bits per heavy atom. The van der Waals surface area contributed by atoms with Crippen molar-refractivity contribution in [2.24, 2.45) is 5.73 Å². The molecule has 14 heavy (non-hydrogen) atoms. The van der Waals surface area contributed by atoms with Crippen LogP contribution >= 0.6 is 0 Å². The Morgan fingerprint density at radius 1 is 1.50 bits per heavy atom. The SMILES string of the molecule is Cc1nc2cc(CCCN)ccn2n1. The van der Waals surface area contributed by atoms with Crippen LogP contribution in [0.3, 0.4) is 0 Å². The quantitative estimate of drug-likeness (QED) is 0.783. The van der Waals surface area contributed by atoms with Crippen LogP contribution in [0.4, 0.5) is 0 Å². The lowest BCUT2D eigenvalue weighted by molar-refractivity contribution is 0.828. The van der Waals surface area contributed by atoms with E-state index < -0.39 is 0 Å². The molecular formula is C10H14N4. The molecule has 0 bridgehead atoms. The van der Waals surface area contributed by atoms with Gasteiger partial charge in [0.05, 0.1) is 0 Å². The molecule has 2 heterocycles. The zero-order valence-corrected chi connectivity index (χ0v) is 8.27. The fourth-order valence-electron chi connectivity index (χ4n) is 1.50. The molecule has 2 aromatic rings. The Kier molecular flexibility index (Phi) is 2.45. The molecule has 0 atom stereocenters. The van der Waals surface area contributed by atoms with E-state index in [1.165, 1.54) is 5.56 Å². The molecule has 0 saturated carbocycles. The monoisotopic (exact) mass is 190 g/mol. The van der Waals surface area contributed by atoms with Crippen molar-refractivity contribution in [2.45, 2.75) is 19.8 Å². The summed E-state index contributed by atoms with van der Waals surface area (Å²) in [6.45, 7) is 2.63. The van der Waals surface area contributed by atoms with Gasteiger partial charge >= 0.3 is 0 Å². The van der Waals surface area contributed by atoms with E-state index in [2.05, 4.69) is 22.2 Å². The Morgan fingerprint density at radius 3 is 3.14 bits per heavy atom. The minimum atomic E-state index is 0.733. The van der Waals surface area contributed by atoms with E-state index in [0.29, 0.717) is 0 Å². The van der Waals surface area contributed by atoms with Crippen molar-refractivity contribution < 1.29 is 0 Å². The summed E-state index contributed by atoms with van der Waals surface area (Å²) in [4.78, 5) is 4.30. The summed E-state index contributed by atoms with van der Waals surface area (Å²) in [7, 11) is 0. The first-order chi connectivity index (χ1) is 6.79. The number of nitrogens with zero attached hydrogens (tertiary/aromatic N) is 3. The molecule has 2 N–H and O–H groups in total. The van der Waals surface area contributed by atoms with Crippen LogP contribution in [0.15, 0.2) is 18.3 Å². The highest BCUT2D eigenvalue weighted by atomic mass is 15.3. The Bertz CT molecular complexity index is 433. The van der Waals surface area contributed by atoms with Gasteiger partial charge in [-0.25, -0.2) is 9.50 Å². The minimum absolute atomic E-state index is 0.733. The normalized spacial score (nSPS) is 11.0. The van der Waals surface area contributed by atoms with Crippen LogP contribution in [0.5, 0.6) is 0 Å². The van der Waals surface area contributed by atoms with Gasteiger partial charge in [0.25, 0.3) is 0 Å². The van der Waals surface area contributed by atoms with E-state index >= 15 is 0 Å². The highest BCUT2D eigenvalue weighted by molar-refractivity contribution is 5.40. The third-order valence-electron chi connectivity index (χ3n) is 2.18. The van der Waals surface area contributed by atoms with Crippen molar-refractivity contribution in [2.75, 3.05) is 6.54 Å². The molecule has 0 amide bonds. The highest BCUT2D eigenvalue weighted by Crippen LogP contribution is 2.07. The number of aryl methyl sites for hydroxylation is 2. The molecule has 0 radical (unpaired) electrons. The van der Waals surface area contributed by atoms with Gasteiger partial charge in [0.15, 0.2) is 5.65 Å². The standard InChI is InChI=1S/C10H14N4/c1-8-12-10-7-9(3-2-5-11)4-6-14(10)13-8/h4,6-7H,2-3,5,11H2,1H3. The van der Waals surface area contributed by atoms with Gasteiger partial charge in [-0.3, -0.25) is 0 Å². The van der Waals surface area contributed by atoms with E-state index in [4.69, 9.17) is 5.73 Å². The zero-order valence-electron chi connectivity index (χ0n) is 8.27. The lowest BCUT2D eigenvalue weighted by atomic mass is 10.1. The molecule has 0 aliphatic rings. The van der Waals surface area contributed by atoms with E-state index in [0.717, 1.165) is 30.9 Å². The summed E-state index contributed by atoms with van der Waals surface area (Å²) in [5.74, 6) is 0.806. The van der Waals surface area contributed by atoms with Crippen LogP contribution < -0.4 is 5.73 Å². The first-order valence-electron chi connectivity index (χ1n) is 4.81. The van der Waals surface area contributed by atoms with Crippen LogP contribution in [0, 0.1) is 6.92 Å². The summed E-state index contributed by atoms with van der Waals surface area (Å²) in [5.41, 5.74) is 7.65. The molecule has 4 nitrogen and oxygen atoms in total. The molecule has 0 fully saturated rings. The van der Waals surface area contributed by atoms with Crippen molar-refractivity contribution in [1.82, 2.24) is 14.6 Å². The second kappa shape index (κ2) is 3.75. The molecule has 0 aliphatic heterocycles. The van der Waals surface area contributed by atoms with Gasteiger partial charge in [0.1, 0.15) is 5.82 Å². The van der Waals surface area contributed by atoms with Gasteiger partial charge in [0, 0.05) is 6.20 Å². The number of rotatable bonds is 3. The predicted molar refractivity (Wildman–Crippen MR) is 55.1 cm³/mol. The molecule has 0 saturated heterocycles. The van der Waals surface area contributed by atoms with Crippen molar-refractivity contribution in [3.8, 4) is 0 Å². The molecule has 2 rings (SSSR count). The van der Waals surface area contributed by atoms with Crippen molar-refractivity contribution >= 4 is 5.65 Å². The Balaban J connectivity index is 2.31. The maximum absolute atomic E-state index is 5.46. The maximum Gasteiger partial charge on any atom is 0.155 e. The summed E-state index contributed by atoms with van der Waals surface area (Å²) in [5, 5.41) is 4.22. The van der Waals surface area contributed by atoms with Crippen LogP contribution in [0.1, 0.15) is 17.8 Å². The average Bonchev–Trinajstić information content (AvgIpc) is 2.54. The summed E-state index contributed by atoms with van der Waals surface area (Å²) in [6, 6.07) is 4.13. The lowest BCUT2D eigenvalue weighted by Gasteiger charge is -1.99. The molecular weight excluding hydrogens is 176 g/mol. The van der Waals surface area contributed by atoms with Gasteiger partial charge in [0.2, 0.25) is 0 Å². The zero-order chi connectivity index (χ0) is 9.97. The summed E-state index contributed by atoms with van der Waals surface area (Å²) >= 11 is 0. The summed E-state index contributed by atoms with van der Waals surface area (Å²) in [6.07, 6.45) is 3.98. The number of hydrogen-bond acceptors (Lipinski definition) is 3. The second-order valence-corrected chi connectivity index (χ2v) is 3.39. The van der Waals surface area contributed by atoms with E-state index in [9.17, 15) is 0 Å². The third-order valence-corrected chi connectivity index (χ3v) is 2.18. The number of pyridine rings is 1. The second-order valence-electron chi connectivity index (χ2n) is 3.39. The van der Waals surface area contributed by atoms with Gasteiger partial charge in [-0.05, 0) is 44.0 Å². The molecule has 4 heteroatoms. The summed E-state index contributed by atoms with van der Waals surface area (Å²) < 4.78 is 1.79. The Hall–Kier alpha value is -1.42. The Labute approximate surface area is 82.8 Å². The molecule has 74 valence electrons. The van der Waals surface area contributed by atoms with Crippen molar-refractivity contribution in [1.29, 1.82) is 0 Å². The number of fused-ring (bicyclic) bond motifs is 1. The van der Waals surface area contributed by atoms with Crippen molar-refractivity contribution in [3.63, 3.8) is 0 Å². The molecule has 0 aromatic carbocycles. The van der Waals surface area contributed by atoms with Gasteiger partial charge in [-0.1, -0.05) is 0 Å². The van der Waals surface area contributed by atoms with Gasteiger partial charge in [-0.2, -0.15) is 5.10 Å². The number of aromatic nitrogens is 3. The van der Waals surface area contributed by atoms with Crippen LogP contribution in [0.2, 0.25) is 0 Å². The molecule has 0 aliphatic carbocycles. The first kappa shape index (κ1) is 9.15. The fourth-order valence-corrected chi connectivity index (χ4v) is 1.50. The molecule has 0 unspecified atom stereocenters. The smallest absolute Gasteiger partial charge is 0.155 e. The minimum Gasteiger partial charge on any atom is -0.330 e.